The molecule has 0 aliphatic heterocycles. The molecule has 31 heavy (non-hydrogen) atoms. The summed E-state index contributed by atoms with van der Waals surface area (Å²) in [5.41, 5.74) is -2.84. The fraction of sp³-hybridized carbons (Fsp3) is 0.350. The lowest BCUT2D eigenvalue weighted by Gasteiger charge is -2.27. The number of nitrogens with zero attached hydrogens (tertiary/aromatic N) is 2. The van der Waals surface area contributed by atoms with Gasteiger partial charge >= 0.3 is 17.3 Å². The lowest BCUT2D eigenvalue weighted by Crippen LogP contribution is -2.51. The van der Waals surface area contributed by atoms with Crippen molar-refractivity contribution in [1.82, 2.24) is 9.13 Å². The summed E-state index contributed by atoms with van der Waals surface area (Å²) in [5.74, 6) is -0.619. The first kappa shape index (κ1) is 23.0. The maximum Gasteiger partial charge on any atom is 0.348 e. The van der Waals surface area contributed by atoms with Gasteiger partial charge in [-0.1, -0.05) is 30.3 Å². The number of carbonyl (C=O) groups is 1. The molecule has 0 saturated heterocycles. The number of benzene rings is 1. The molecule has 0 unspecified atom stereocenters. The van der Waals surface area contributed by atoms with E-state index in [-0.39, 0.29) is 34.9 Å². The Morgan fingerprint density at radius 3 is 2.35 bits per heavy atom. The third-order valence-corrected chi connectivity index (χ3v) is 6.29. The van der Waals surface area contributed by atoms with Crippen molar-refractivity contribution in [1.29, 1.82) is 0 Å². The van der Waals surface area contributed by atoms with Crippen molar-refractivity contribution in [2.24, 2.45) is 7.05 Å². The van der Waals surface area contributed by atoms with Crippen molar-refractivity contribution in [3.63, 3.8) is 0 Å². The molecule has 0 amide bonds. The average Bonchev–Trinajstić information content (AvgIpc) is 3.23. The third-order valence-electron chi connectivity index (χ3n) is 4.41. The molecule has 2 aromatic heterocycles. The number of hydrogen-bond donors (Lipinski definition) is 0. The van der Waals surface area contributed by atoms with E-state index in [1.165, 1.54) is 17.7 Å². The number of esters is 1. The largest absolute Gasteiger partial charge is 0.457 e. The van der Waals surface area contributed by atoms with E-state index in [0.29, 0.717) is 4.57 Å². The number of rotatable bonds is 9. The summed E-state index contributed by atoms with van der Waals surface area (Å²) in [6, 6.07) is 10.5. The molecule has 0 bridgehead atoms. The first-order chi connectivity index (χ1) is 14.9. The van der Waals surface area contributed by atoms with Crippen LogP contribution in [0.1, 0.15) is 29.1 Å². The Bertz CT molecular complexity index is 1210. The lowest BCUT2D eigenvalue weighted by molar-refractivity contribution is -0.227. The monoisotopic (exact) mass is 464 g/mol. The van der Waals surface area contributed by atoms with Gasteiger partial charge in [-0.2, -0.15) is 4.57 Å². The Morgan fingerprint density at radius 1 is 1.13 bits per heavy atom. The highest BCUT2D eigenvalue weighted by Crippen LogP contribution is 2.31. The van der Waals surface area contributed by atoms with Gasteiger partial charge in [-0.05, 0) is 25.5 Å². The van der Waals surface area contributed by atoms with Crippen molar-refractivity contribution < 1.29 is 23.6 Å². The second kappa shape index (κ2) is 9.65. The molecule has 0 atom stereocenters. The van der Waals surface area contributed by atoms with E-state index in [1.807, 2.05) is 30.3 Å². The van der Waals surface area contributed by atoms with E-state index < -0.39 is 31.3 Å². The number of aromatic nitrogens is 2. The second-order valence-electron chi connectivity index (χ2n) is 6.38. The van der Waals surface area contributed by atoms with Crippen LogP contribution in [0.25, 0.3) is 10.2 Å². The Balaban J connectivity index is 2.07. The average molecular weight is 464 g/mol. The van der Waals surface area contributed by atoms with Crippen LogP contribution in [0, 0.1) is 0 Å². The summed E-state index contributed by atoms with van der Waals surface area (Å²) in [5, 5.41) is 0.0891. The predicted molar refractivity (Wildman–Crippen MR) is 116 cm³/mol. The number of carbonyl (C=O) groups excluding carboxylic acids is 1. The van der Waals surface area contributed by atoms with Gasteiger partial charge in [-0.15, -0.1) is 11.3 Å². The smallest absolute Gasteiger partial charge is 0.348 e. The highest BCUT2D eigenvalue weighted by Gasteiger charge is 2.40. The molecule has 11 heteroatoms. The molecule has 0 spiro atoms. The molecule has 0 radical (unpaired) electrons. The molecule has 3 rings (SSSR count). The summed E-state index contributed by atoms with van der Waals surface area (Å²) in [4.78, 5) is 39.1. The molecule has 0 aliphatic carbocycles. The normalized spacial score (nSPS) is 11.8. The zero-order chi connectivity index (χ0) is 22.6. The minimum atomic E-state index is -2.10. The highest BCUT2D eigenvalue weighted by molar-refractivity contribution is 7.24. The van der Waals surface area contributed by atoms with Crippen LogP contribution in [0.2, 0.25) is 0 Å². The molecule has 0 N–H and O–H groups in total. The number of thiophene rings is 1. The van der Waals surface area contributed by atoms with Gasteiger partial charge in [0.2, 0.25) is 8.46 Å². The fourth-order valence-corrected chi connectivity index (χ4v) is 4.63. The van der Waals surface area contributed by atoms with Crippen LogP contribution >= 0.6 is 19.8 Å². The predicted octanol–water partition coefficient (Wildman–Crippen LogP) is 3.05. The zero-order valence-corrected chi connectivity index (χ0v) is 18.9. The third kappa shape index (κ3) is 4.38. The first-order valence-corrected chi connectivity index (χ1v) is 11.1. The molecular formula is C20H21N2O7PS. The van der Waals surface area contributed by atoms with Gasteiger partial charge in [0, 0.05) is 20.3 Å². The van der Waals surface area contributed by atoms with Crippen LogP contribution in [0.5, 0.6) is 0 Å². The summed E-state index contributed by atoms with van der Waals surface area (Å²) in [7, 11) is 0.732. The van der Waals surface area contributed by atoms with Crippen molar-refractivity contribution in [3.8, 4) is 0 Å². The van der Waals surface area contributed by atoms with Gasteiger partial charge in [0.05, 0.1) is 5.39 Å². The summed E-state index contributed by atoms with van der Waals surface area (Å²) in [6.07, 6.45) is 0. The van der Waals surface area contributed by atoms with Crippen molar-refractivity contribution >= 4 is 36.0 Å². The van der Waals surface area contributed by atoms with Crippen LogP contribution in [-0.4, -0.2) is 28.3 Å². The van der Waals surface area contributed by atoms with Gasteiger partial charge in [-0.3, -0.25) is 13.9 Å². The molecule has 164 valence electrons. The Kier molecular flexibility index (Phi) is 7.17. The minimum absolute atomic E-state index is 0.0452. The van der Waals surface area contributed by atoms with E-state index in [9.17, 15) is 18.9 Å². The van der Waals surface area contributed by atoms with E-state index in [1.54, 1.807) is 13.8 Å². The Labute approximate surface area is 183 Å². The van der Waals surface area contributed by atoms with Crippen molar-refractivity contribution in [2.45, 2.75) is 26.1 Å². The summed E-state index contributed by atoms with van der Waals surface area (Å²) >= 11 is 0.962. The number of fused-ring (bicyclic) bond motifs is 1. The van der Waals surface area contributed by atoms with Gasteiger partial charge in [0.1, 0.15) is 16.3 Å². The Hall–Kier alpha value is -2.65. The molecule has 0 saturated carbocycles. The summed E-state index contributed by atoms with van der Waals surface area (Å²) in [6.45, 7) is 3.41. The number of hydrogen-bond acceptors (Lipinski definition) is 8. The topological polar surface area (TPSA) is 106 Å². The molecule has 3 aromatic rings. The van der Waals surface area contributed by atoms with Crippen LogP contribution in [0.4, 0.5) is 0 Å². The second-order valence-corrected chi connectivity index (χ2v) is 8.16. The van der Waals surface area contributed by atoms with Crippen LogP contribution in [-0.2, 0) is 38.1 Å². The molecule has 2 heterocycles. The maximum atomic E-state index is 13.2. The van der Waals surface area contributed by atoms with Crippen LogP contribution < -0.4 is 11.2 Å². The zero-order valence-electron chi connectivity index (χ0n) is 17.2. The van der Waals surface area contributed by atoms with E-state index in [0.717, 1.165) is 16.9 Å². The number of ether oxygens (including phenoxy) is 3. The molecule has 9 nitrogen and oxygen atoms in total. The summed E-state index contributed by atoms with van der Waals surface area (Å²) < 4.78 is 30.0. The fourth-order valence-electron chi connectivity index (χ4n) is 3.01. The Morgan fingerprint density at radius 2 is 1.77 bits per heavy atom. The quantitative estimate of drug-likeness (QED) is 0.272. The SMILES string of the molecule is CCOC(OCC)(P=O)n1c(=O)c2cc(C(=O)OCc3ccccc3)sc2n(C)c1=O. The van der Waals surface area contributed by atoms with E-state index >= 15 is 0 Å². The standard InChI is InChI=1S/C20H21N2O7PS/c1-4-28-20(30-26,29-5-2)22-16(23)14-11-15(31-17(14)21(3)19(22)25)18(24)27-12-13-9-7-6-8-10-13/h6-11H,4-5,12H2,1-3H3. The van der Waals surface area contributed by atoms with Gasteiger partial charge < -0.3 is 14.2 Å². The lowest BCUT2D eigenvalue weighted by atomic mass is 10.2. The minimum Gasteiger partial charge on any atom is -0.457 e. The van der Waals surface area contributed by atoms with Crippen LogP contribution in [0.3, 0.4) is 0 Å². The van der Waals surface area contributed by atoms with Gasteiger partial charge in [-0.25, -0.2) is 9.59 Å². The van der Waals surface area contributed by atoms with Crippen molar-refractivity contribution in [2.75, 3.05) is 13.2 Å². The maximum absolute atomic E-state index is 13.2. The number of aryl methyl sites for hydroxylation is 1. The van der Waals surface area contributed by atoms with E-state index in [2.05, 4.69) is 0 Å². The highest BCUT2D eigenvalue weighted by atomic mass is 32.1. The van der Waals surface area contributed by atoms with Gasteiger partial charge in [0.15, 0.2) is 0 Å². The van der Waals surface area contributed by atoms with Crippen molar-refractivity contribution in [3.05, 3.63) is 67.7 Å². The molecule has 1 aromatic carbocycles. The molecule has 0 fully saturated rings. The molecular weight excluding hydrogens is 443 g/mol. The van der Waals surface area contributed by atoms with Gasteiger partial charge in [0.25, 0.3) is 5.56 Å². The van der Waals surface area contributed by atoms with Crippen LogP contribution in [0.15, 0.2) is 46.0 Å². The van der Waals surface area contributed by atoms with E-state index in [4.69, 9.17) is 14.2 Å². The molecule has 0 aliphatic rings. The first-order valence-electron chi connectivity index (χ1n) is 9.48.